The minimum absolute atomic E-state index is 0.406. The first-order valence-electron chi connectivity index (χ1n) is 20.1. The lowest BCUT2D eigenvalue weighted by molar-refractivity contribution is 0.409. The van der Waals surface area contributed by atoms with Crippen LogP contribution >= 0.6 is 7.92 Å². The standard InChI is InChI=1S/C45H73O3PSi4/c1-10-26-43(13-4)50(46-7)34-23-38-53(39-24-35-51(47-8)44(14-5)27-11-2,40-25-36-52(48-9)45(15-6)28-12-3)37-22-33-49(41-29-18-16-19-30-41)42-31-20-17-21-32-42/h10-21,29-32,43-45,50-52H,1-6,22-28,33-40H2,7-9H3. The van der Waals surface area contributed by atoms with Gasteiger partial charge < -0.3 is 13.3 Å². The third-order valence-electron chi connectivity index (χ3n) is 11.4. The van der Waals surface area contributed by atoms with E-state index in [1.54, 1.807) is 0 Å². The molecule has 0 aromatic heterocycles. The minimum Gasteiger partial charge on any atom is -0.423 e. The van der Waals surface area contributed by atoms with Gasteiger partial charge in [-0.3, -0.25) is 0 Å². The second-order valence-corrected chi connectivity index (χ2v) is 31.0. The van der Waals surface area contributed by atoms with E-state index < -0.39 is 43.1 Å². The van der Waals surface area contributed by atoms with Crippen molar-refractivity contribution < 1.29 is 13.3 Å². The predicted molar refractivity (Wildman–Crippen MR) is 251 cm³/mol. The van der Waals surface area contributed by atoms with Gasteiger partial charge in [0.15, 0.2) is 27.1 Å². The smallest absolute Gasteiger partial charge is 0.183 e. The Morgan fingerprint density at radius 3 is 1.13 bits per heavy atom. The largest absolute Gasteiger partial charge is 0.423 e. The van der Waals surface area contributed by atoms with Crippen LogP contribution in [0.2, 0.25) is 58.9 Å². The molecule has 0 radical (unpaired) electrons. The van der Waals surface area contributed by atoms with Gasteiger partial charge in [-0.15, -0.1) is 39.5 Å². The molecule has 0 saturated carbocycles. The first-order chi connectivity index (χ1) is 25.9. The van der Waals surface area contributed by atoms with Gasteiger partial charge in [-0.2, -0.15) is 0 Å². The molecule has 53 heavy (non-hydrogen) atoms. The molecular formula is C45H73O3PSi4. The van der Waals surface area contributed by atoms with Gasteiger partial charge in [0.1, 0.15) is 0 Å². The third kappa shape index (κ3) is 16.8. The zero-order chi connectivity index (χ0) is 38.7. The van der Waals surface area contributed by atoms with E-state index in [4.69, 9.17) is 13.3 Å². The Morgan fingerprint density at radius 2 is 0.849 bits per heavy atom. The lowest BCUT2D eigenvalue weighted by Crippen LogP contribution is -2.36. The summed E-state index contributed by atoms with van der Waals surface area (Å²) in [6.45, 7) is 24.7. The normalized spacial score (nSPS) is 16.0. The summed E-state index contributed by atoms with van der Waals surface area (Å²) in [7, 11) is -0.657. The zero-order valence-corrected chi connectivity index (χ0v) is 39.1. The molecule has 2 rings (SSSR count). The second kappa shape index (κ2) is 28.5. The lowest BCUT2D eigenvalue weighted by atomic mass is 10.3. The summed E-state index contributed by atoms with van der Waals surface area (Å²) in [6, 6.07) is 31.7. The fraction of sp³-hybridized carbons (Fsp3) is 0.467. The third-order valence-corrected chi connectivity index (χ3v) is 28.9. The van der Waals surface area contributed by atoms with Crippen molar-refractivity contribution >= 4 is 53.7 Å². The van der Waals surface area contributed by atoms with Crippen molar-refractivity contribution in [1.29, 1.82) is 0 Å². The van der Waals surface area contributed by atoms with Crippen LogP contribution in [0.25, 0.3) is 0 Å². The molecule has 0 N–H and O–H groups in total. The van der Waals surface area contributed by atoms with Crippen LogP contribution in [0.1, 0.15) is 44.9 Å². The molecule has 8 heteroatoms. The highest BCUT2D eigenvalue weighted by molar-refractivity contribution is 7.73. The van der Waals surface area contributed by atoms with Gasteiger partial charge in [-0.05, 0) is 78.7 Å². The quantitative estimate of drug-likeness (QED) is 0.0409. The van der Waals surface area contributed by atoms with E-state index in [1.165, 1.54) is 84.8 Å². The summed E-state index contributed by atoms with van der Waals surface area (Å²) >= 11 is 0. The Bertz CT molecular complexity index is 1180. The average molecular weight is 805 g/mol. The van der Waals surface area contributed by atoms with Crippen LogP contribution in [0, 0.1) is 0 Å². The van der Waals surface area contributed by atoms with Crippen molar-refractivity contribution in [2.75, 3.05) is 27.5 Å². The van der Waals surface area contributed by atoms with Crippen LogP contribution in [-0.2, 0) is 13.3 Å². The molecule has 0 saturated heterocycles. The van der Waals surface area contributed by atoms with Crippen LogP contribution in [-0.4, -0.2) is 62.7 Å². The summed E-state index contributed by atoms with van der Waals surface area (Å²) < 4.78 is 18.7. The molecule has 2 aromatic carbocycles. The van der Waals surface area contributed by atoms with Crippen molar-refractivity contribution in [3.05, 3.63) is 137 Å². The van der Waals surface area contributed by atoms with Crippen LogP contribution in [0.3, 0.4) is 0 Å². The number of hydrogen-bond donors (Lipinski definition) is 0. The molecule has 6 atom stereocenters. The first kappa shape index (κ1) is 47.2. The Balaban J connectivity index is 2.45. The molecule has 0 amide bonds. The minimum atomic E-state index is -1.72. The molecule has 0 aliphatic heterocycles. The summed E-state index contributed by atoms with van der Waals surface area (Å²) in [5.41, 5.74) is 1.33. The Morgan fingerprint density at radius 1 is 0.528 bits per heavy atom. The SMILES string of the molecule is C=CCC(C=C)[SiH](CCC[Si](CCC[SiH](OC)C(C=C)CC=C)(CCC[SiH](OC)C(C=C)CC=C)CCCP(c1ccccc1)c1ccccc1)OC. The highest BCUT2D eigenvalue weighted by Crippen LogP contribution is 2.40. The van der Waals surface area contributed by atoms with E-state index in [1.807, 2.05) is 39.6 Å². The molecular weight excluding hydrogens is 732 g/mol. The summed E-state index contributed by atoms with van der Waals surface area (Å²) in [4.78, 5) is 0. The maximum atomic E-state index is 6.24. The van der Waals surface area contributed by atoms with E-state index in [9.17, 15) is 0 Å². The molecule has 0 bridgehead atoms. The maximum absolute atomic E-state index is 6.24. The second-order valence-electron chi connectivity index (χ2n) is 14.7. The first-order valence-corrected chi connectivity index (χ1v) is 30.3. The van der Waals surface area contributed by atoms with Crippen molar-refractivity contribution in [3.63, 3.8) is 0 Å². The lowest BCUT2D eigenvalue weighted by Gasteiger charge is -2.35. The Labute approximate surface area is 333 Å². The van der Waals surface area contributed by atoms with E-state index in [0.29, 0.717) is 16.6 Å². The van der Waals surface area contributed by atoms with Crippen molar-refractivity contribution in [2.24, 2.45) is 0 Å². The molecule has 2 aromatic rings. The molecule has 0 fully saturated rings. The number of allylic oxidation sites excluding steroid dienone is 6. The monoisotopic (exact) mass is 804 g/mol. The van der Waals surface area contributed by atoms with Crippen LogP contribution in [0.15, 0.2) is 137 Å². The van der Waals surface area contributed by atoms with Crippen molar-refractivity contribution in [2.45, 2.75) is 104 Å². The maximum Gasteiger partial charge on any atom is 0.183 e. The molecule has 0 aliphatic rings. The molecule has 0 aliphatic carbocycles. The van der Waals surface area contributed by atoms with E-state index in [2.05, 4.69) is 118 Å². The number of benzene rings is 2. The van der Waals surface area contributed by atoms with Gasteiger partial charge in [0.2, 0.25) is 0 Å². The van der Waals surface area contributed by atoms with E-state index in [-0.39, 0.29) is 0 Å². The van der Waals surface area contributed by atoms with Gasteiger partial charge >= 0.3 is 0 Å². The van der Waals surface area contributed by atoms with Gasteiger partial charge in [-0.25, -0.2) is 0 Å². The van der Waals surface area contributed by atoms with Gasteiger partial charge in [0.25, 0.3) is 0 Å². The highest BCUT2D eigenvalue weighted by Gasteiger charge is 2.34. The Hall–Kier alpha value is -1.94. The summed E-state index contributed by atoms with van der Waals surface area (Å²) in [5, 5.41) is 2.98. The van der Waals surface area contributed by atoms with Crippen LogP contribution < -0.4 is 10.6 Å². The summed E-state index contributed by atoms with van der Waals surface area (Å²) in [5.74, 6) is 0. The topological polar surface area (TPSA) is 27.7 Å². The van der Waals surface area contributed by atoms with Crippen LogP contribution in [0.5, 0.6) is 0 Å². The fourth-order valence-corrected chi connectivity index (χ4v) is 24.7. The van der Waals surface area contributed by atoms with Gasteiger partial charge in [0.05, 0.1) is 8.07 Å². The Kier molecular flexibility index (Phi) is 25.4. The average Bonchev–Trinajstić information content (AvgIpc) is 3.20. The molecule has 0 heterocycles. The number of rotatable bonds is 33. The van der Waals surface area contributed by atoms with Gasteiger partial charge in [0, 0.05) is 21.3 Å². The van der Waals surface area contributed by atoms with E-state index in [0.717, 1.165) is 19.3 Å². The molecule has 0 spiro atoms. The molecule has 292 valence electrons. The number of hydrogen-bond acceptors (Lipinski definition) is 3. The summed E-state index contributed by atoms with van der Waals surface area (Å²) in [6.07, 6.45) is 21.7. The predicted octanol–water partition coefficient (Wildman–Crippen LogP) is 11.6. The van der Waals surface area contributed by atoms with Crippen molar-refractivity contribution in [1.82, 2.24) is 0 Å². The highest BCUT2D eigenvalue weighted by atomic mass is 31.1. The zero-order valence-electron chi connectivity index (χ0n) is 33.7. The fourth-order valence-electron chi connectivity index (χ4n) is 8.32. The molecule has 3 nitrogen and oxygen atoms in total. The van der Waals surface area contributed by atoms with Crippen molar-refractivity contribution in [3.8, 4) is 0 Å². The van der Waals surface area contributed by atoms with Gasteiger partial charge in [-0.1, -0.05) is 147 Å². The molecule has 6 unspecified atom stereocenters. The van der Waals surface area contributed by atoms with Crippen LogP contribution in [0.4, 0.5) is 0 Å². The van der Waals surface area contributed by atoms with E-state index >= 15 is 0 Å².